The molecule has 0 saturated carbocycles. The molecule has 0 radical (unpaired) electrons. The van der Waals surface area contributed by atoms with Gasteiger partial charge in [-0.2, -0.15) is 0 Å². The Kier molecular flexibility index (Phi) is 4.82. The van der Waals surface area contributed by atoms with E-state index < -0.39 is 0 Å². The van der Waals surface area contributed by atoms with Crippen LogP contribution in [0.5, 0.6) is 0 Å². The maximum absolute atomic E-state index is 12.3. The van der Waals surface area contributed by atoms with Gasteiger partial charge in [-0.15, -0.1) is 0 Å². The number of hydrogen-bond donors (Lipinski definition) is 1. The van der Waals surface area contributed by atoms with Gasteiger partial charge in [-0.3, -0.25) is 4.79 Å². The van der Waals surface area contributed by atoms with Crippen LogP contribution >= 0.6 is 0 Å². The van der Waals surface area contributed by atoms with Crippen LogP contribution in [0.1, 0.15) is 26.7 Å². The van der Waals surface area contributed by atoms with Crippen LogP contribution in [0, 0.1) is 5.92 Å². The number of amides is 1. The lowest BCUT2D eigenvalue weighted by Crippen LogP contribution is -2.50. The molecule has 5 heteroatoms. The van der Waals surface area contributed by atoms with Gasteiger partial charge in [0, 0.05) is 32.1 Å². The van der Waals surface area contributed by atoms with Gasteiger partial charge in [0.1, 0.15) is 5.82 Å². The van der Waals surface area contributed by atoms with Gasteiger partial charge in [-0.1, -0.05) is 20.3 Å². The number of nitrogens with zero attached hydrogens (tertiary/aromatic N) is 3. The fourth-order valence-electron chi connectivity index (χ4n) is 2.64. The van der Waals surface area contributed by atoms with Crippen molar-refractivity contribution in [3.8, 4) is 0 Å². The number of nitrogen functional groups attached to an aromatic ring is 1. The van der Waals surface area contributed by atoms with Crippen molar-refractivity contribution in [3.05, 3.63) is 18.3 Å². The lowest BCUT2D eigenvalue weighted by molar-refractivity contribution is -0.135. The third-order valence-corrected chi connectivity index (χ3v) is 3.87. The predicted molar refractivity (Wildman–Crippen MR) is 81.5 cm³/mol. The van der Waals surface area contributed by atoms with Gasteiger partial charge in [-0.05, 0) is 18.6 Å². The molecule has 1 saturated heterocycles. The lowest BCUT2D eigenvalue weighted by Gasteiger charge is -2.37. The zero-order valence-corrected chi connectivity index (χ0v) is 12.4. The van der Waals surface area contributed by atoms with Gasteiger partial charge >= 0.3 is 0 Å². The second-order valence-corrected chi connectivity index (χ2v) is 5.44. The van der Waals surface area contributed by atoms with Crippen LogP contribution in [-0.4, -0.2) is 42.0 Å². The maximum atomic E-state index is 12.3. The Morgan fingerprint density at radius 2 is 2.05 bits per heavy atom. The van der Waals surface area contributed by atoms with Crippen molar-refractivity contribution >= 4 is 17.4 Å². The summed E-state index contributed by atoms with van der Waals surface area (Å²) in [5, 5.41) is 0. The molecular weight excluding hydrogens is 252 g/mol. The molecule has 1 aromatic heterocycles. The Hall–Kier alpha value is -1.78. The average molecular weight is 276 g/mol. The van der Waals surface area contributed by atoms with E-state index in [0.717, 1.165) is 44.7 Å². The van der Waals surface area contributed by atoms with Crippen LogP contribution in [0.25, 0.3) is 0 Å². The number of nitrogens with two attached hydrogens (primary N) is 1. The number of anilines is 2. The highest BCUT2D eigenvalue weighted by Gasteiger charge is 2.24. The van der Waals surface area contributed by atoms with E-state index in [4.69, 9.17) is 5.73 Å². The highest BCUT2D eigenvalue weighted by molar-refractivity contribution is 5.78. The molecule has 1 aliphatic heterocycles. The first-order valence-corrected chi connectivity index (χ1v) is 7.37. The average Bonchev–Trinajstić information content (AvgIpc) is 2.48. The number of hydrogen-bond acceptors (Lipinski definition) is 4. The molecule has 1 amide bonds. The van der Waals surface area contributed by atoms with E-state index >= 15 is 0 Å². The Labute approximate surface area is 120 Å². The van der Waals surface area contributed by atoms with Gasteiger partial charge < -0.3 is 15.5 Å². The quantitative estimate of drug-likeness (QED) is 0.910. The third-order valence-electron chi connectivity index (χ3n) is 3.87. The summed E-state index contributed by atoms with van der Waals surface area (Å²) in [5.41, 5.74) is 6.67. The van der Waals surface area contributed by atoms with E-state index in [1.54, 1.807) is 6.20 Å². The molecule has 1 aromatic rings. The smallest absolute Gasteiger partial charge is 0.225 e. The summed E-state index contributed by atoms with van der Waals surface area (Å²) in [6, 6.07) is 3.80. The molecule has 0 bridgehead atoms. The van der Waals surface area contributed by atoms with Crippen molar-refractivity contribution in [3.63, 3.8) is 0 Å². The first kappa shape index (κ1) is 14.6. The predicted octanol–water partition coefficient (Wildman–Crippen LogP) is 1.75. The highest BCUT2D eigenvalue weighted by Crippen LogP contribution is 2.18. The molecule has 20 heavy (non-hydrogen) atoms. The molecule has 2 rings (SSSR count). The second-order valence-electron chi connectivity index (χ2n) is 5.44. The molecular formula is C15H24N4O. The number of rotatable bonds is 4. The summed E-state index contributed by atoms with van der Waals surface area (Å²) in [6.07, 6.45) is 3.83. The monoisotopic (exact) mass is 276 g/mol. The summed E-state index contributed by atoms with van der Waals surface area (Å²) in [7, 11) is 0. The Bertz CT molecular complexity index is 438. The van der Waals surface area contributed by atoms with E-state index in [1.807, 2.05) is 24.0 Å². The second kappa shape index (κ2) is 6.59. The maximum Gasteiger partial charge on any atom is 0.225 e. The lowest BCUT2D eigenvalue weighted by atomic mass is 10.0. The summed E-state index contributed by atoms with van der Waals surface area (Å²) >= 11 is 0. The summed E-state index contributed by atoms with van der Waals surface area (Å²) in [4.78, 5) is 20.6. The van der Waals surface area contributed by atoms with Gasteiger partial charge in [0.2, 0.25) is 5.91 Å². The van der Waals surface area contributed by atoms with Crippen molar-refractivity contribution < 1.29 is 4.79 Å². The van der Waals surface area contributed by atoms with Gasteiger partial charge in [0.25, 0.3) is 0 Å². The molecule has 2 N–H and O–H groups in total. The minimum Gasteiger partial charge on any atom is -0.384 e. The van der Waals surface area contributed by atoms with Crippen LogP contribution in [0.4, 0.5) is 11.5 Å². The number of piperazine rings is 1. The van der Waals surface area contributed by atoms with Crippen molar-refractivity contribution in [1.82, 2.24) is 9.88 Å². The summed E-state index contributed by atoms with van der Waals surface area (Å²) < 4.78 is 0. The molecule has 1 atom stereocenters. The van der Waals surface area contributed by atoms with E-state index in [9.17, 15) is 4.79 Å². The molecule has 2 heterocycles. The van der Waals surface area contributed by atoms with Crippen LogP contribution < -0.4 is 10.6 Å². The van der Waals surface area contributed by atoms with E-state index in [0.29, 0.717) is 11.7 Å². The van der Waals surface area contributed by atoms with Crippen molar-refractivity contribution in [2.75, 3.05) is 36.8 Å². The van der Waals surface area contributed by atoms with Crippen LogP contribution in [-0.2, 0) is 4.79 Å². The van der Waals surface area contributed by atoms with Crippen molar-refractivity contribution in [1.29, 1.82) is 0 Å². The van der Waals surface area contributed by atoms with Gasteiger partial charge in [0.15, 0.2) is 0 Å². The third kappa shape index (κ3) is 3.40. The number of aromatic nitrogens is 1. The largest absolute Gasteiger partial charge is 0.384 e. The van der Waals surface area contributed by atoms with Gasteiger partial charge in [-0.25, -0.2) is 4.98 Å². The number of carbonyl (C=O) groups excluding carboxylic acids is 1. The normalized spacial score (nSPS) is 17.1. The fourth-order valence-corrected chi connectivity index (χ4v) is 2.64. The van der Waals surface area contributed by atoms with Gasteiger partial charge in [0.05, 0.1) is 11.9 Å². The number of pyridine rings is 1. The van der Waals surface area contributed by atoms with Crippen molar-refractivity contribution in [2.45, 2.75) is 26.7 Å². The number of carbonyl (C=O) groups is 1. The van der Waals surface area contributed by atoms with Crippen LogP contribution in [0.2, 0.25) is 0 Å². The molecule has 0 aromatic carbocycles. The van der Waals surface area contributed by atoms with Crippen molar-refractivity contribution in [2.24, 2.45) is 5.92 Å². The molecule has 1 aliphatic rings. The molecule has 5 nitrogen and oxygen atoms in total. The molecule has 110 valence electrons. The van der Waals surface area contributed by atoms with Crippen LogP contribution in [0.15, 0.2) is 18.3 Å². The SMILES string of the molecule is CCCC(C)C(=O)N1CCN(c2ccc(N)nc2)CC1. The topological polar surface area (TPSA) is 62.5 Å². The first-order valence-electron chi connectivity index (χ1n) is 7.37. The molecule has 0 aliphatic carbocycles. The van der Waals surface area contributed by atoms with E-state index in [2.05, 4.69) is 16.8 Å². The zero-order chi connectivity index (χ0) is 14.5. The minimum atomic E-state index is 0.143. The summed E-state index contributed by atoms with van der Waals surface area (Å²) in [6.45, 7) is 7.44. The molecule has 0 spiro atoms. The van der Waals surface area contributed by atoms with E-state index in [-0.39, 0.29) is 5.92 Å². The summed E-state index contributed by atoms with van der Waals surface area (Å²) in [5.74, 6) is 0.975. The zero-order valence-electron chi connectivity index (χ0n) is 12.4. The Balaban J connectivity index is 1.89. The van der Waals surface area contributed by atoms with Crippen LogP contribution in [0.3, 0.4) is 0 Å². The Morgan fingerprint density at radius 3 is 2.60 bits per heavy atom. The molecule has 1 fully saturated rings. The Morgan fingerprint density at radius 1 is 1.35 bits per heavy atom. The molecule has 1 unspecified atom stereocenters. The van der Waals surface area contributed by atoms with E-state index in [1.165, 1.54) is 0 Å². The highest BCUT2D eigenvalue weighted by atomic mass is 16.2. The first-order chi connectivity index (χ1) is 9.61. The standard InChI is InChI=1S/C15H24N4O/c1-3-4-12(2)15(20)19-9-7-18(8-10-19)13-5-6-14(16)17-11-13/h5-6,11-12H,3-4,7-10H2,1-2H3,(H2,16,17). The fraction of sp³-hybridized carbons (Fsp3) is 0.600. The minimum absolute atomic E-state index is 0.143.